The quantitative estimate of drug-likeness (QED) is 0.888. The molecule has 1 unspecified atom stereocenters. The second-order valence-electron chi connectivity index (χ2n) is 6.63. The van der Waals surface area contributed by atoms with Crippen molar-refractivity contribution in [2.24, 2.45) is 5.41 Å². The second-order valence-corrected chi connectivity index (χ2v) is 6.63. The summed E-state index contributed by atoms with van der Waals surface area (Å²) in [4.78, 5) is 4.22. The molecule has 4 heteroatoms. The molecule has 2 rings (SSSR count). The Morgan fingerprint density at radius 2 is 1.95 bits per heavy atom. The summed E-state index contributed by atoms with van der Waals surface area (Å²) in [6.45, 7) is 4.67. The van der Waals surface area contributed by atoms with E-state index in [0.717, 1.165) is 18.4 Å². The molecule has 0 amide bonds. The SMILES string of the molecule is CNC(c1cccnc1N)C1(OC)CCC(C)(C)CC1. The van der Waals surface area contributed by atoms with Gasteiger partial charge in [0.25, 0.3) is 0 Å². The van der Waals surface area contributed by atoms with Crippen LogP contribution >= 0.6 is 0 Å². The van der Waals surface area contributed by atoms with Crippen LogP contribution in [0.2, 0.25) is 0 Å². The van der Waals surface area contributed by atoms with Crippen LogP contribution in [-0.2, 0) is 4.74 Å². The van der Waals surface area contributed by atoms with Crippen LogP contribution in [0.4, 0.5) is 5.82 Å². The maximum absolute atomic E-state index is 6.06. The maximum Gasteiger partial charge on any atom is 0.128 e. The van der Waals surface area contributed by atoms with Gasteiger partial charge in [-0.15, -0.1) is 0 Å². The summed E-state index contributed by atoms with van der Waals surface area (Å²) in [5.74, 6) is 0.591. The van der Waals surface area contributed by atoms with E-state index >= 15 is 0 Å². The zero-order valence-electron chi connectivity index (χ0n) is 13.1. The number of rotatable bonds is 4. The van der Waals surface area contributed by atoms with Crippen molar-refractivity contribution in [1.82, 2.24) is 10.3 Å². The number of nitrogens with one attached hydrogen (secondary N) is 1. The molecule has 1 atom stereocenters. The van der Waals surface area contributed by atoms with Crippen LogP contribution in [0, 0.1) is 5.41 Å². The number of likely N-dealkylation sites (N-methyl/N-ethyl adjacent to an activating group) is 1. The Labute approximate surface area is 122 Å². The summed E-state index contributed by atoms with van der Waals surface area (Å²) in [6.07, 6.45) is 6.14. The van der Waals surface area contributed by atoms with Crippen LogP contribution in [0.3, 0.4) is 0 Å². The standard InChI is InChI=1S/C16H27N3O/c1-15(2)7-9-16(20-4,10-8-15)13(18-3)12-6-5-11-19-14(12)17/h5-6,11,13,18H,7-10H2,1-4H3,(H2,17,19). The van der Waals surface area contributed by atoms with Crippen molar-refractivity contribution in [1.29, 1.82) is 0 Å². The van der Waals surface area contributed by atoms with E-state index in [1.807, 2.05) is 26.3 Å². The van der Waals surface area contributed by atoms with Crippen LogP contribution in [0.25, 0.3) is 0 Å². The number of nitrogen functional groups attached to an aromatic ring is 1. The molecule has 1 aromatic rings. The van der Waals surface area contributed by atoms with Crippen LogP contribution in [0.15, 0.2) is 18.3 Å². The van der Waals surface area contributed by atoms with Gasteiger partial charge in [0.15, 0.2) is 0 Å². The summed E-state index contributed by atoms with van der Waals surface area (Å²) in [5.41, 5.74) is 7.31. The normalized spacial score (nSPS) is 22.4. The van der Waals surface area contributed by atoms with Crippen LogP contribution < -0.4 is 11.1 Å². The van der Waals surface area contributed by atoms with Crippen LogP contribution in [0.5, 0.6) is 0 Å². The first kappa shape index (κ1) is 15.3. The molecular weight excluding hydrogens is 250 g/mol. The number of pyridine rings is 1. The monoisotopic (exact) mass is 277 g/mol. The number of methoxy groups -OCH3 is 1. The average Bonchev–Trinajstić information content (AvgIpc) is 2.44. The number of nitrogens with zero attached hydrogens (tertiary/aromatic N) is 1. The van der Waals surface area contributed by atoms with Crippen LogP contribution in [-0.4, -0.2) is 24.7 Å². The van der Waals surface area contributed by atoms with Gasteiger partial charge in [-0.25, -0.2) is 4.98 Å². The predicted molar refractivity (Wildman–Crippen MR) is 82.4 cm³/mol. The van der Waals surface area contributed by atoms with E-state index in [9.17, 15) is 0 Å². The van der Waals surface area contributed by atoms with E-state index in [1.54, 1.807) is 6.20 Å². The Morgan fingerprint density at radius 3 is 2.45 bits per heavy atom. The number of hydrogen-bond acceptors (Lipinski definition) is 4. The molecular formula is C16H27N3O. The summed E-state index contributed by atoms with van der Waals surface area (Å²) < 4.78 is 5.99. The zero-order valence-corrected chi connectivity index (χ0v) is 13.1. The molecule has 1 saturated carbocycles. The van der Waals surface area contributed by atoms with Crippen molar-refractivity contribution in [2.45, 2.75) is 51.2 Å². The van der Waals surface area contributed by atoms with Gasteiger partial charge in [-0.2, -0.15) is 0 Å². The number of ether oxygens (including phenoxy) is 1. The van der Waals surface area contributed by atoms with E-state index in [2.05, 4.69) is 24.1 Å². The van der Waals surface area contributed by atoms with E-state index in [-0.39, 0.29) is 11.6 Å². The highest BCUT2D eigenvalue weighted by Gasteiger charge is 2.45. The third-order valence-corrected chi connectivity index (χ3v) is 4.85. The molecule has 20 heavy (non-hydrogen) atoms. The lowest BCUT2D eigenvalue weighted by atomic mass is 9.67. The lowest BCUT2D eigenvalue weighted by molar-refractivity contribution is -0.0861. The Morgan fingerprint density at radius 1 is 1.30 bits per heavy atom. The van der Waals surface area contributed by atoms with Gasteiger partial charge in [0, 0.05) is 18.9 Å². The minimum Gasteiger partial charge on any atom is -0.383 e. The fourth-order valence-corrected chi connectivity index (χ4v) is 3.34. The van der Waals surface area contributed by atoms with Gasteiger partial charge >= 0.3 is 0 Å². The molecule has 0 spiro atoms. The highest BCUT2D eigenvalue weighted by atomic mass is 16.5. The van der Waals surface area contributed by atoms with Crippen LogP contribution in [0.1, 0.15) is 51.1 Å². The molecule has 0 radical (unpaired) electrons. The van der Waals surface area contributed by atoms with Crippen molar-refractivity contribution in [3.63, 3.8) is 0 Å². The third kappa shape index (κ3) is 2.81. The highest BCUT2D eigenvalue weighted by Crippen LogP contribution is 2.47. The molecule has 0 aromatic carbocycles. The molecule has 0 bridgehead atoms. The van der Waals surface area contributed by atoms with Crippen molar-refractivity contribution < 1.29 is 4.74 Å². The molecule has 0 aliphatic heterocycles. The zero-order chi connectivity index (χ0) is 14.8. The predicted octanol–water partition coefficient (Wildman–Crippen LogP) is 2.91. The molecule has 1 fully saturated rings. The lowest BCUT2D eigenvalue weighted by Crippen LogP contribution is -2.48. The summed E-state index contributed by atoms with van der Waals surface area (Å²) in [7, 11) is 3.78. The van der Waals surface area contributed by atoms with E-state index in [4.69, 9.17) is 10.5 Å². The topological polar surface area (TPSA) is 60.2 Å². The van der Waals surface area contributed by atoms with Gasteiger partial charge in [0.2, 0.25) is 0 Å². The van der Waals surface area contributed by atoms with Crippen molar-refractivity contribution in [2.75, 3.05) is 19.9 Å². The Hall–Kier alpha value is -1.13. The van der Waals surface area contributed by atoms with Gasteiger partial charge < -0.3 is 15.8 Å². The largest absolute Gasteiger partial charge is 0.383 e. The molecule has 1 aliphatic carbocycles. The Balaban J connectivity index is 2.32. The van der Waals surface area contributed by atoms with E-state index in [1.165, 1.54) is 12.8 Å². The second kappa shape index (κ2) is 5.70. The minimum absolute atomic E-state index is 0.0808. The number of hydrogen-bond donors (Lipinski definition) is 2. The minimum atomic E-state index is -0.193. The maximum atomic E-state index is 6.06. The number of anilines is 1. The molecule has 1 aliphatic rings. The highest BCUT2D eigenvalue weighted by molar-refractivity contribution is 5.42. The fourth-order valence-electron chi connectivity index (χ4n) is 3.34. The summed E-state index contributed by atoms with van der Waals surface area (Å²) in [5, 5.41) is 3.40. The molecule has 4 nitrogen and oxygen atoms in total. The summed E-state index contributed by atoms with van der Waals surface area (Å²) in [6, 6.07) is 4.06. The number of aromatic nitrogens is 1. The molecule has 112 valence electrons. The van der Waals surface area contributed by atoms with Crippen molar-refractivity contribution in [3.05, 3.63) is 23.9 Å². The van der Waals surface area contributed by atoms with Gasteiger partial charge in [-0.3, -0.25) is 0 Å². The van der Waals surface area contributed by atoms with Gasteiger partial charge in [0.1, 0.15) is 5.82 Å². The van der Waals surface area contributed by atoms with Gasteiger partial charge in [-0.05, 0) is 44.2 Å². The molecule has 1 heterocycles. The molecule has 3 N–H and O–H groups in total. The first-order valence-corrected chi connectivity index (χ1v) is 7.37. The molecule has 0 saturated heterocycles. The van der Waals surface area contributed by atoms with E-state index < -0.39 is 0 Å². The first-order valence-electron chi connectivity index (χ1n) is 7.37. The van der Waals surface area contributed by atoms with Gasteiger partial charge in [0.05, 0.1) is 11.6 Å². The Bertz CT molecular complexity index is 449. The van der Waals surface area contributed by atoms with Crippen molar-refractivity contribution in [3.8, 4) is 0 Å². The molecule has 1 aromatic heterocycles. The van der Waals surface area contributed by atoms with Crippen molar-refractivity contribution >= 4 is 5.82 Å². The fraction of sp³-hybridized carbons (Fsp3) is 0.688. The lowest BCUT2D eigenvalue weighted by Gasteiger charge is -2.47. The Kier molecular flexibility index (Phi) is 4.35. The first-order chi connectivity index (χ1) is 9.44. The smallest absolute Gasteiger partial charge is 0.128 e. The summed E-state index contributed by atoms with van der Waals surface area (Å²) >= 11 is 0. The number of nitrogens with two attached hydrogens (primary N) is 1. The average molecular weight is 277 g/mol. The van der Waals surface area contributed by atoms with E-state index in [0.29, 0.717) is 11.2 Å². The van der Waals surface area contributed by atoms with Gasteiger partial charge in [-0.1, -0.05) is 19.9 Å². The third-order valence-electron chi connectivity index (χ3n) is 4.85.